The minimum atomic E-state index is -0.409. The van der Waals surface area contributed by atoms with Gasteiger partial charge in [0.2, 0.25) is 11.7 Å². The zero-order valence-electron chi connectivity index (χ0n) is 18.3. The van der Waals surface area contributed by atoms with Gasteiger partial charge in [-0.25, -0.2) is 4.79 Å². The minimum Gasteiger partial charge on any atom is -0.459 e. The Hall–Kier alpha value is -3.55. The zero-order chi connectivity index (χ0) is 22.4. The van der Waals surface area contributed by atoms with Crippen LogP contribution in [-0.2, 0) is 29.0 Å². The van der Waals surface area contributed by atoms with E-state index in [9.17, 15) is 9.59 Å². The number of aromatic nitrogens is 4. The van der Waals surface area contributed by atoms with Crippen LogP contribution in [0.5, 0.6) is 0 Å². The number of esters is 1. The highest BCUT2D eigenvalue weighted by molar-refractivity contribution is 5.90. The van der Waals surface area contributed by atoms with Crippen molar-refractivity contribution in [3.05, 3.63) is 65.2 Å². The Kier molecular flexibility index (Phi) is 7.12. The number of hydrogen-bond donors (Lipinski definition) is 0. The molecule has 2 aromatic carbocycles. The number of carbonyl (C=O) groups is 2. The van der Waals surface area contributed by atoms with Gasteiger partial charge in [-0.05, 0) is 48.7 Å². The molecule has 1 aromatic heterocycles. The number of likely N-dealkylation sites (N-methyl/N-ethyl adjacent to an activating group) is 1. The Balaban J connectivity index is 1.64. The van der Waals surface area contributed by atoms with E-state index in [2.05, 4.69) is 34.5 Å². The average molecular weight is 422 g/mol. The summed E-state index contributed by atoms with van der Waals surface area (Å²) in [4.78, 5) is 27.6. The van der Waals surface area contributed by atoms with Crippen molar-refractivity contribution < 1.29 is 14.3 Å². The molecule has 0 bridgehead atoms. The zero-order valence-corrected chi connectivity index (χ0v) is 18.3. The van der Waals surface area contributed by atoms with E-state index < -0.39 is 5.97 Å². The third-order valence-corrected chi connectivity index (χ3v) is 4.71. The van der Waals surface area contributed by atoms with Crippen LogP contribution in [-0.4, -0.2) is 50.1 Å². The third-order valence-electron chi connectivity index (χ3n) is 4.71. The van der Waals surface area contributed by atoms with E-state index in [1.165, 1.54) is 10.4 Å². The predicted octanol–water partition coefficient (Wildman–Crippen LogP) is 3.13. The lowest BCUT2D eigenvalue weighted by Gasteiger charge is -2.17. The molecule has 0 aliphatic heterocycles. The van der Waals surface area contributed by atoms with Crippen molar-refractivity contribution in [1.29, 1.82) is 0 Å². The summed E-state index contributed by atoms with van der Waals surface area (Å²) in [5, 5.41) is 12.3. The molecule has 31 heavy (non-hydrogen) atoms. The van der Waals surface area contributed by atoms with Gasteiger partial charge in [0.15, 0.2) is 0 Å². The molecular formula is C23H27N5O3. The highest BCUT2D eigenvalue weighted by atomic mass is 16.5. The molecule has 3 rings (SSSR count). The van der Waals surface area contributed by atoms with E-state index in [0.717, 1.165) is 12.0 Å². The lowest BCUT2D eigenvalue weighted by Crippen LogP contribution is -2.30. The van der Waals surface area contributed by atoms with Crippen LogP contribution < -0.4 is 0 Å². The van der Waals surface area contributed by atoms with Crippen molar-refractivity contribution in [1.82, 2.24) is 25.1 Å². The number of benzene rings is 2. The molecule has 0 aliphatic rings. The molecule has 0 N–H and O–H groups in total. The second-order valence-electron chi connectivity index (χ2n) is 7.60. The Morgan fingerprint density at radius 2 is 1.81 bits per heavy atom. The standard InChI is InChI=1S/C23H27N5O3/c1-5-17-9-11-18(12-10-17)14-27(4)21(29)15-28-25-22(24-26-28)19-7-6-8-20(13-19)23(30)31-16(2)3/h6-13,16H,5,14-15H2,1-4H3. The van der Waals surface area contributed by atoms with Crippen LogP contribution in [0.4, 0.5) is 0 Å². The van der Waals surface area contributed by atoms with Gasteiger partial charge in [-0.2, -0.15) is 4.80 Å². The third kappa shape index (κ3) is 5.97. The van der Waals surface area contributed by atoms with E-state index in [1.807, 2.05) is 12.1 Å². The van der Waals surface area contributed by atoms with Crippen LogP contribution >= 0.6 is 0 Å². The van der Waals surface area contributed by atoms with Gasteiger partial charge < -0.3 is 9.64 Å². The van der Waals surface area contributed by atoms with Crippen LogP contribution in [0.3, 0.4) is 0 Å². The molecule has 0 spiro atoms. The van der Waals surface area contributed by atoms with Crippen LogP contribution in [0, 0.1) is 0 Å². The van der Waals surface area contributed by atoms with Gasteiger partial charge in [-0.3, -0.25) is 4.79 Å². The maximum absolute atomic E-state index is 12.6. The van der Waals surface area contributed by atoms with Gasteiger partial charge >= 0.3 is 5.97 Å². The largest absolute Gasteiger partial charge is 0.459 e. The van der Waals surface area contributed by atoms with Crippen LogP contribution in [0.1, 0.15) is 42.3 Å². The molecule has 0 unspecified atom stereocenters. The summed E-state index contributed by atoms with van der Waals surface area (Å²) in [6.07, 6.45) is 0.778. The number of carbonyl (C=O) groups excluding carboxylic acids is 2. The van der Waals surface area contributed by atoms with Gasteiger partial charge in [0.25, 0.3) is 0 Å². The first kappa shape index (κ1) is 22.1. The van der Waals surface area contributed by atoms with Gasteiger partial charge in [-0.15, -0.1) is 10.2 Å². The maximum Gasteiger partial charge on any atom is 0.338 e. The second-order valence-corrected chi connectivity index (χ2v) is 7.60. The van der Waals surface area contributed by atoms with Gasteiger partial charge in [0, 0.05) is 19.2 Å². The van der Waals surface area contributed by atoms with E-state index in [-0.39, 0.29) is 18.6 Å². The SMILES string of the molecule is CCc1ccc(CN(C)C(=O)Cn2nnc(-c3cccc(C(=O)OC(C)C)c3)n2)cc1. The highest BCUT2D eigenvalue weighted by Gasteiger charge is 2.15. The molecule has 0 atom stereocenters. The number of ether oxygens (including phenoxy) is 1. The van der Waals surface area contributed by atoms with E-state index in [0.29, 0.717) is 23.5 Å². The van der Waals surface area contributed by atoms with Crippen molar-refractivity contribution in [2.24, 2.45) is 0 Å². The molecule has 8 heteroatoms. The summed E-state index contributed by atoms with van der Waals surface area (Å²) in [6, 6.07) is 15.0. The van der Waals surface area contributed by atoms with Crippen molar-refractivity contribution in [2.75, 3.05) is 7.05 Å². The summed E-state index contributed by atoms with van der Waals surface area (Å²) in [6.45, 7) is 6.18. The fourth-order valence-electron chi connectivity index (χ4n) is 2.98. The van der Waals surface area contributed by atoms with Crippen LogP contribution in [0.15, 0.2) is 48.5 Å². The summed E-state index contributed by atoms with van der Waals surface area (Å²) in [5.41, 5.74) is 3.36. The number of rotatable bonds is 8. The highest BCUT2D eigenvalue weighted by Crippen LogP contribution is 2.17. The number of tetrazole rings is 1. The van der Waals surface area contributed by atoms with E-state index in [4.69, 9.17) is 4.74 Å². The lowest BCUT2D eigenvalue weighted by atomic mass is 10.1. The molecule has 0 saturated heterocycles. The summed E-state index contributed by atoms with van der Waals surface area (Å²) < 4.78 is 5.22. The first-order valence-electron chi connectivity index (χ1n) is 10.3. The first-order chi connectivity index (χ1) is 14.9. The summed E-state index contributed by atoms with van der Waals surface area (Å²) in [7, 11) is 1.75. The number of hydrogen-bond acceptors (Lipinski definition) is 6. The normalized spacial score (nSPS) is 10.9. The lowest BCUT2D eigenvalue weighted by molar-refractivity contribution is -0.131. The molecule has 1 heterocycles. The fourth-order valence-corrected chi connectivity index (χ4v) is 2.98. The number of amides is 1. The van der Waals surface area contributed by atoms with Crippen molar-refractivity contribution in [3.63, 3.8) is 0 Å². The second kappa shape index (κ2) is 9.97. The minimum absolute atomic E-state index is 0.0222. The molecule has 0 saturated carbocycles. The van der Waals surface area contributed by atoms with Crippen molar-refractivity contribution in [3.8, 4) is 11.4 Å². The fraction of sp³-hybridized carbons (Fsp3) is 0.348. The molecule has 8 nitrogen and oxygen atoms in total. The molecule has 162 valence electrons. The van der Waals surface area contributed by atoms with Gasteiger partial charge in [0.1, 0.15) is 6.54 Å². The Morgan fingerprint density at radius 1 is 1.10 bits per heavy atom. The molecule has 0 radical (unpaired) electrons. The maximum atomic E-state index is 12.6. The topological polar surface area (TPSA) is 90.2 Å². The number of aryl methyl sites for hydroxylation is 1. The summed E-state index contributed by atoms with van der Waals surface area (Å²) >= 11 is 0. The van der Waals surface area contributed by atoms with Crippen molar-refractivity contribution >= 4 is 11.9 Å². The molecule has 1 amide bonds. The van der Waals surface area contributed by atoms with Crippen LogP contribution in [0.25, 0.3) is 11.4 Å². The van der Waals surface area contributed by atoms with Crippen LogP contribution in [0.2, 0.25) is 0 Å². The molecule has 0 aliphatic carbocycles. The first-order valence-corrected chi connectivity index (χ1v) is 10.3. The summed E-state index contributed by atoms with van der Waals surface area (Å²) in [5.74, 6) is -0.199. The Labute approximate surface area is 181 Å². The van der Waals surface area contributed by atoms with Gasteiger partial charge in [-0.1, -0.05) is 43.3 Å². The Bertz CT molecular complexity index is 1040. The van der Waals surface area contributed by atoms with Crippen molar-refractivity contribution in [2.45, 2.75) is 46.4 Å². The average Bonchev–Trinajstić information content (AvgIpc) is 3.22. The van der Waals surface area contributed by atoms with E-state index in [1.54, 1.807) is 50.1 Å². The smallest absolute Gasteiger partial charge is 0.338 e. The van der Waals surface area contributed by atoms with E-state index >= 15 is 0 Å². The Morgan fingerprint density at radius 3 is 2.48 bits per heavy atom. The monoisotopic (exact) mass is 421 g/mol. The molecule has 3 aromatic rings. The predicted molar refractivity (Wildman–Crippen MR) is 116 cm³/mol. The quantitative estimate of drug-likeness (QED) is 0.519. The number of nitrogens with zero attached hydrogens (tertiary/aromatic N) is 5. The van der Waals surface area contributed by atoms with Gasteiger partial charge in [0.05, 0.1) is 11.7 Å². The molecular weight excluding hydrogens is 394 g/mol. The molecule has 0 fully saturated rings.